The molecule has 0 saturated heterocycles. The van der Waals surface area contributed by atoms with E-state index in [-0.39, 0.29) is 6.04 Å². The van der Waals surface area contributed by atoms with Crippen LogP contribution >= 0.6 is 15.9 Å². The molecule has 0 fully saturated rings. The Bertz CT molecular complexity index is 351. The molecule has 0 radical (unpaired) electrons. The number of halogens is 1. The molecule has 4 heteroatoms. The van der Waals surface area contributed by atoms with Crippen LogP contribution in [0.4, 0.5) is 0 Å². The van der Waals surface area contributed by atoms with E-state index >= 15 is 0 Å². The first-order chi connectivity index (χ1) is 7.54. The standard InChI is InChI=1S/C12H16BrNO2/c1-3-11(12(15)16)14-8(2)9-4-6-10(13)7-5-9/h4-8,11,14H,3H2,1-2H3,(H,15,16). The van der Waals surface area contributed by atoms with Crippen LogP contribution in [0.25, 0.3) is 0 Å². The van der Waals surface area contributed by atoms with Gasteiger partial charge < -0.3 is 5.11 Å². The van der Waals surface area contributed by atoms with Gasteiger partial charge in [-0.3, -0.25) is 10.1 Å². The fourth-order valence-electron chi connectivity index (χ4n) is 1.51. The van der Waals surface area contributed by atoms with Crippen LogP contribution in [0.2, 0.25) is 0 Å². The summed E-state index contributed by atoms with van der Waals surface area (Å²) in [4.78, 5) is 10.9. The highest BCUT2D eigenvalue weighted by Crippen LogP contribution is 2.17. The van der Waals surface area contributed by atoms with Crippen molar-refractivity contribution < 1.29 is 9.90 Å². The monoisotopic (exact) mass is 285 g/mol. The summed E-state index contributed by atoms with van der Waals surface area (Å²) in [6, 6.07) is 7.42. The van der Waals surface area contributed by atoms with Gasteiger partial charge in [-0.15, -0.1) is 0 Å². The van der Waals surface area contributed by atoms with Crippen molar-refractivity contribution in [3.63, 3.8) is 0 Å². The van der Waals surface area contributed by atoms with E-state index in [4.69, 9.17) is 5.11 Å². The maximum absolute atomic E-state index is 10.9. The van der Waals surface area contributed by atoms with Crippen LogP contribution in [-0.4, -0.2) is 17.1 Å². The van der Waals surface area contributed by atoms with E-state index in [2.05, 4.69) is 21.2 Å². The Kier molecular flexibility index (Phi) is 4.96. The summed E-state index contributed by atoms with van der Waals surface area (Å²) in [5.41, 5.74) is 1.09. The first kappa shape index (κ1) is 13.2. The Hall–Kier alpha value is -0.870. The molecule has 0 spiro atoms. The number of carboxylic acids is 1. The second-order valence-corrected chi connectivity index (χ2v) is 4.65. The molecule has 0 bridgehead atoms. The number of nitrogens with one attached hydrogen (secondary N) is 1. The van der Waals surface area contributed by atoms with Gasteiger partial charge in [0.05, 0.1) is 0 Å². The van der Waals surface area contributed by atoms with Crippen LogP contribution in [0.1, 0.15) is 31.9 Å². The van der Waals surface area contributed by atoms with E-state index in [1.54, 1.807) is 0 Å². The molecule has 0 heterocycles. The molecule has 16 heavy (non-hydrogen) atoms. The highest BCUT2D eigenvalue weighted by atomic mass is 79.9. The van der Waals surface area contributed by atoms with E-state index in [0.29, 0.717) is 6.42 Å². The number of carbonyl (C=O) groups is 1. The summed E-state index contributed by atoms with van der Waals surface area (Å²) < 4.78 is 1.02. The molecule has 0 aliphatic carbocycles. The van der Waals surface area contributed by atoms with Gasteiger partial charge in [0.25, 0.3) is 0 Å². The summed E-state index contributed by atoms with van der Waals surface area (Å²) in [6.07, 6.45) is 0.580. The molecule has 2 N–H and O–H groups in total. The molecule has 2 unspecified atom stereocenters. The third-order valence-electron chi connectivity index (χ3n) is 2.53. The Balaban J connectivity index is 2.67. The predicted molar refractivity (Wildman–Crippen MR) is 67.4 cm³/mol. The van der Waals surface area contributed by atoms with Crippen LogP contribution in [0.5, 0.6) is 0 Å². The van der Waals surface area contributed by atoms with Crippen LogP contribution in [0.3, 0.4) is 0 Å². The summed E-state index contributed by atoms with van der Waals surface area (Å²) in [7, 11) is 0. The van der Waals surface area contributed by atoms with Crippen molar-refractivity contribution >= 4 is 21.9 Å². The van der Waals surface area contributed by atoms with Gasteiger partial charge in [-0.1, -0.05) is 35.0 Å². The number of hydrogen-bond donors (Lipinski definition) is 2. The number of carboxylic acid groups (broad SMARTS) is 1. The van der Waals surface area contributed by atoms with Crippen molar-refractivity contribution in [2.24, 2.45) is 0 Å². The molecule has 0 aliphatic heterocycles. The van der Waals surface area contributed by atoms with Gasteiger partial charge in [0.1, 0.15) is 6.04 Å². The van der Waals surface area contributed by atoms with E-state index in [0.717, 1.165) is 10.0 Å². The van der Waals surface area contributed by atoms with Gasteiger partial charge in [-0.05, 0) is 31.0 Å². The fourth-order valence-corrected chi connectivity index (χ4v) is 1.78. The van der Waals surface area contributed by atoms with Crippen molar-refractivity contribution in [3.8, 4) is 0 Å². The summed E-state index contributed by atoms with van der Waals surface area (Å²) in [6.45, 7) is 3.83. The van der Waals surface area contributed by atoms with Crippen LogP contribution in [0, 0.1) is 0 Å². The molecule has 1 aromatic carbocycles. The highest BCUT2D eigenvalue weighted by molar-refractivity contribution is 9.10. The van der Waals surface area contributed by atoms with Crippen molar-refractivity contribution in [1.29, 1.82) is 0 Å². The van der Waals surface area contributed by atoms with Crippen LogP contribution in [0.15, 0.2) is 28.7 Å². The molecule has 0 aliphatic rings. The third kappa shape index (κ3) is 3.61. The average Bonchev–Trinajstić information content (AvgIpc) is 2.26. The minimum Gasteiger partial charge on any atom is -0.480 e. The molecule has 0 saturated carbocycles. The van der Waals surface area contributed by atoms with E-state index in [1.165, 1.54) is 0 Å². The molecular weight excluding hydrogens is 270 g/mol. The number of hydrogen-bond acceptors (Lipinski definition) is 2. The van der Waals surface area contributed by atoms with Crippen LogP contribution in [-0.2, 0) is 4.79 Å². The number of aliphatic carboxylic acids is 1. The highest BCUT2D eigenvalue weighted by Gasteiger charge is 2.17. The third-order valence-corrected chi connectivity index (χ3v) is 3.06. The fraction of sp³-hybridized carbons (Fsp3) is 0.417. The maximum Gasteiger partial charge on any atom is 0.320 e. The van der Waals surface area contributed by atoms with Gasteiger partial charge in [-0.2, -0.15) is 0 Å². The minimum atomic E-state index is -0.800. The normalized spacial score (nSPS) is 14.4. The van der Waals surface area contributed by atoms with Crippen molar-refractivity contribution in [3.05, 3.63) is 34.3 Å². The Morgan fingerprint density at radius 1 is 1.44 bits per heavy atom. The van der Waals surface area contributed by atoms with E-state index in [1.807, 2.05) is 38.1 Å². The molecule has 0 aromatic heterocycles. The van der Waals surface area contributed by atoms with Crippen molar-refractivity contribution in [2.45, 2.75) is 32.4 Å². The Labute approximate surface area is 104 Å². The number of rotatable bonds is 5. The lowest BCUT2D eigenvalue weighted by atomic mass is 10.1. The zero-order valence-electron chi connectivity index (χ0n) is 9.40. The van der Waals surface area contributed by atoms with Gasteiger partial charge in [0, 0.05) is 10.5 Å². The summed E-state index contributed by atoms with van der Waals surface area (Å²) in [5.74, 6) is -0.800. The topological polar surface area (TPSA) is 49.3 Å². The van der Waals surface area contributed by atoms with E-state index < -0.39 is 12.0 Å². The van der Waals surface area contributed by atoms with Crippen molar-refractivity contribution in [2.75, 3.05) is 0 Å². The van der Waals surface area contributed by atoms with Crippen LogP contribution < -0.4 is 5.32 Å². The molecule has 2 atom stereocenters. The SMILES string of the molecule is CCC(NC(C)c1ccc(Br)cc1)C(=O)O. The lowest BCUT2D eigenvalue weighted by molar-refractivity contribution is -0.139. The van der Waals surface area contributed by atoms with E-state index in [9.17, 15) is 4.79 Å². The lowest BCUT2D eigenvalue weighted by Crippen LogP contribution is -2.37. The Morgan fingerprint density at radius 3 is 2.44 bits per heavy atom. The zero-order chi connectivity index (χ0) is 12.1. The molecule has 3 nitrogen and oxygen atoms in total. The molecule has 1 aromatic rings. The first-order valence-corrected chi connectivity index (χ1v) is 6.08. The predicted octanol–water partition coefficient (Wildman–Crippen LogP) is 2.96. The molecule has 0 amide bonds. The second kappa shape index (κ2) is 6.01. The molecule has 88 valence electrons. The van der Waals surface area contributed by atoms with Gasteiger partial charge >= 0.3 is 5.97 Å². The second-order valence-electron chi connectivity index (χ2n) is 3.74. The quantitative estimate of drug-likeness (QED) is 0.875. The summed E-state index contributed by atoms with van der Waals surface area (Å²) in [5, 5.41) is 12.0. The summed E-state index contributed by atoms with van der Waals surface area (Å²) >= 11 is 3.37. The average molecular weight is 286 g/mol. The number of benzene rings is 1. The van der Waals surface area contributed by atoms with Crippen molar-refractivity contribution in [1.82, 2.24) is 5.32 Å². The minimum absolute atomic E-state index is 0.0362. The smallest absolute Gasteiger partial charge is 0.320 e. The maximum atomic E-state index is 10.9. The van der Waals surface area contributed by atoms with Gasteiger partial charge in [-0.25, -0.2) is 0 Å². The molecular formula is C12H16BrNO2. The largest absolute Gasteiger partial charge is 0.480 e. The lowest BCUT2D eigenvalue weighted by Gasteiger charge is -2.19. The Morgan fingerprint density at radius 2 is 2.00 bits per heavy atom. The van der Waals surface area contributed by atoms with Gasteiger partial charge in [0.15, 0.2) is 0 Å². The first-order valence-electron chi connectivity index (χ1n) is 5.29. The zero-order valence-corrected chi connectivity index (χ0v) is 11.0. The van der Waals surface area contributed by atoms with Gasteiger partial charge in [0.2, 0.25) is 0 Å². The molecule has 1 rings (SSSR count).